The van der Waals surface area contributed by atoms with Crippen LogP contribution in [-0.2, 0) is 11.8 Å². The van der Waals surface area contributed by atoms with E-state index in [4.69, 9.17) is 0 Å². The Labute approximate surface area is 173 Å². The second-order valence-electron chi connectivity index (χ2n) is 8.22. The fourth-order valence-electron chi connectivity index (χ4n) is 4.64. The van der Waals surface area contributed by atoms with Gasteiger partial charge in [-0.2, -0.15) is 0 Å². The summed E-state index contributed by atoms with van der Waals surface area (Å²) in [5.74, 6) is 0.0704. The van der Waals surface area contributed by atoms with Crippen molar-refractivity contribution < 1.29 is 9.69 Å². The van der Waals surface area contributed by atoms with Gasteiger partial charge in [-0.25, -0.2) is 0 Å². The SMILES string of the molecule is Cc1ccc(C)c(NC(=O)[C@@H](c2ccccc2)[NH+]2CCC[C@@H]2c2cccn2C)c1. The fraction of sp³-hybridized carbons (Fsp3) is 0.320. The van der Waals surface area contributed by atoms with Crippen molar-refractivity contribution in [3.8, 4) is 0 Å². The van der Waals surface area contributed by atoms with Crippen LogP contribution in [0.25, 0.3) is 0 Å². The highest BCUT2D eigenvalue weighted by molar-refractivity contribution is 5.95. The first-order valence-electron chi connectivity index (χ1n) is 10.4. The monoisotopic (exact) mass is 388 g/mol. The van der Waals surface area contributed by atoms with Crippen LogP contribution in [0.1, 0.15) is 47.3 Å². The number of hydrogen-bond acceptors (Lipinski definition) is 1. The lowest BCUT2D eigenvalue weighted by Crippen LogP contribution is -3.11. The van der Waals surface area contributed by atoms with E-state index in [0.717, 1.165) is 41.8 Å². The van der Waals surface area contributed by atoms with Gasteiger partial charge in [-0.15, -0.1) is 0 Å². The molecule has 4 nitrogen and oxygen atoms in total. The second kappa shape index (κ2) is 8.26. The van der Waals surface area contributed by atoms with E-state index in [1.165, 1.54) is 10.6 Å². The highest BCUT2D eigenvalue weighted by atomic mass is 16.2. The average molecular weight is 389 g/mol. The maximum Gasteiger partial charge on any atom is 0.287 e. The summed E-state index contributed by atoms with van der Waals surface area (Å²) in [6.07, 6.45) is 4.33. The Hall–Kier alpha value is -2.85. The minimum Gasteiger partial charge on any atom is -0.350 e. The lowest BCUT2D eigenvalue weighted by atomic mass is 10.0. The minimum atomic E-state index is -0.237. The van der Waals surface area contributed by atoms with Crippen LogP contribution < -0.4 is 10.2 Å². The first kappa shape index (κ1) is 19.5. The Balaban J connectivity index is 1.69. The van der Waals surface area contributed by atoms with E-state index in [-0.39, 0.29) is 11.9 Å². The number of hydrogen-bond donors (Lipinski definition) is 2. The molecular formula is C25H30N3O+. The molecule has 1 amide bonds. The number of aromatic nitrogens is 1. The van der Waals surface area contributed by atoms with Gasteiger partial charge in [0.2, 0.25) is 0 Å². The zero-order valence-electron chi connectivity index (χ0n) is 17.5. The summed E-state index contributed by atoms with van der Waals surface area (Å²) in [4.78, 5) is 15.0. The van der Waals surface area contributed by atoms with Gasteiger partial charge in [0.25, 0.3) is 5.91 Å². The van der Waals surface area contributed by atoms with E-state index in [1.54, 1.807) is 0 Å². The number of likely N-dealkylation sites (tertiary alicyclic amines) is 1. The first-order chi connectivity index (χ1) is 14.0. The molecule has 4 heteroatoms. The van der Waals surface area contributed by atoms with Crippen molar-refractivity contribution in [2.75, 3.05) is 11.9 Å². The van der Waals surface area contributed by atoms with Gasteiger partial charge in [0, 0.05) is 37.3 Å². The van der Waals surface area contributed by atoms with Crippen molar-refractivity contribution in [2.24, 2.45) is 7.05 Å². The molecule has 2 aromatic carbocycles. The molecule has 0 bridgehead atoms. The van der Waals surface area contributed by atoms with Crippen LogP contribution in [-0.4, -0.2) is 17.0 Å². The summed E-state index contributed by atoms with van der Waals surface area (Å²) in [6.45, 7) is 5.10. The molecule has 2 N–H and O–H groups in total. The van der Waals surface area contributed by atoms with Gasteiger partial charge in [0.05, 0.1) is 12.2 Å². The van der Waals surface area contributed by atoms with Crippen LogP contribution in [0.15, 0.2) is 66.9 Å². The predicted molar refractivity (Wildman–Crippen MR) is 117 cm³/mol. The van der Waals surface area contributed by atoms with Crippen molar-refractivity contribution in [3.05, 3.63) is 89.2 Å². The van der Waals surface area contributed by atoms with Gasteiger partial charge >= 0.3 is 0 Å². The molecule has 3 atom stereocenters. The summed E-state index contributed by atoms with van der Waals surface area (Å²) < 4.78 is 2.20. The average Bonchev–Trinajstić information content (AvgIpc) is 3.34. The third-order valence-electron chi connectivity index (χ3n) is 6.16. The molecule has 2 heterocycles. The van der Waals surface area contributed by atoms with E-state index in [9.17, 15) is 4.79 Å². The zero-order chi connectivity index (χ0) is 20.4. The number of benzene rings is 2. The highest BCUT2D eigenvalue weighted by Crippen LogP contribution is 2.25. The quantitative estimate of drug-likeness (QED) is 0.687. The first-order valence-corrected chi connectivity index (χ1v) is 10.4. The molecule has 4 rings (SSSR count). The van der Waals surface area contributed by atoms with E-state index < -0.39 is 0 Å². The van der Waals surface area contributed by atoms with Crippen molar-refractivity contribution in [1.82, 2.24) is 4.57 Å². The number of aryl methyl sites for hydroxylation is 3. The largest absolute Gasteiger partial charge is 0.350 e. The molecule has 1 aliphatic heterocycles. The van der Waals surface area contributed by atoms with E-state index in [0.29, 0.717) is 6.04 Å². The number of quaternary nitrogens is 1. The molecule has 1 unspecified atom stereocenters. The summed E-state index contributed by atoms with van der Waals surface area (Å²) in [6, 6.07) is 20.8. The summed E-state index contributed by atoms with van der Waals surface area (Å²) in [5, 5.41) is 3.24. The van der Waals surface area contributed by atoms with Crippen LogP contribution in [0.5, 0.6) is 0 Å². The molecular weight excluding hydrogens is 358 g/mol. The van der Waals surface area contributed by atoms with Crippen LogP contribution in [0, 0.1) is 13.8 Å². The van der Waals surface area contributed by atoms with Crippen molar-refractivity contribution >= 4 is 11.6 Å². The maximum atomic E-state index is 13.6. The summed E-state index contributed by atoms with van der Waals surface area (Å²) in [7, 11) is 2.10. The lowest BCUT2D eigenvalue weighted by Gasteiger charge is -2.30. The molecule has 1 fully saturated rings. The van der Waals surface area contributed by atoms with Crippen molar-refractivity contribution in [3.63, 3.8) is 0 Å². The van der Waals surface area contributed by atoms with Crippen LogP contribution in [0.3, 0.4) is 0 Å². The zero-order valence-corrected chi connectivity index (χ0v) is 17.5. The number of amides is 1. The Morgan fingerprint density at radius 3 is 2.62 bits per heavy atom. The number of carbonyl (C=O) groups excluding carboxylic acids is 1. The topological polar surface area (TPSA) is 38.5 Å². The van der Waals surface area contributed by atoms with E-state index in [1.807, 2.05) is 25.1 Å². The third kappa shape index (κ3) is 3.99. The molecule has 0 aliphatic carbocycles. The van der Waals surface area contributed by atoms with Gasteiger partial charge in [0.15, 0.2) is 6.04 Å². The Morgan fingerprint density at radius 2 is 1.90 bits per heavy atom. The molecule has 0 radical (unpaired) electrons. The molecule has 1 aliphatic rings. The smallest absolute Gasteiger partial charge is 0.287 e. The van der Waals surface area contributed by atoms with Crippen LogP contribution in [0.2, 0.25) is 0 Å². The predicted octanol–water partition coefficient (Wildman–Crippen LogP) is 3.74. The fourth-order valence-corrected chi connectivity index (χ4v) is 4.64. The summed E-state index contributed by atoms with van der Waals surface area (Å²) in [5.41, 5.74) is 5.53. The number of carbonyl (C=O) groups is 1. The van der Waals surface area contributed by atoms with Crippen molar-refractivity contribution in [2.45, 2.75) is 38.8 Å². The number of rotatable bonds is 5. The van der Waals surface area contributed by atoms with Gasteiger partial charge in [0.1, 0.15) is 6.04 Å². The van der Waals surface area contributed by atoms with E-state index in [2.05, 4.69) is 72.5 Å². The Morgan fingerprint density at radius 1 is 1.10 bits per heavy atom. The number of nitrogens with zero attached hydrogens (tertiary/aromatic N) is 1. The van der Waals surface area contributed by atoms with Crippen LogP contribution in [0.4, 0.5) is 5.69 Å². The number of nitrogens with one attached hydrogen (secondary N) is 2. The van der Waals surface area contributed by atoms with Crippen molar-refractivity contribution in [1.29, 1.82) is 0 Å². The molecule has 1 aromatic heterocycles. The number of anilines is 1. The second-order valence-corrected chi connectivity index (χ2v) is 8.22. The molecule has 1 saturated heterocycles. The molecule has 29 heavy (non-hydrogen) atoms. The van der Waals surface area contributed by atoms with Crippen LogP contribution >= 0.6 is 0 Å². The third-order valence-corrected chi connectivity index (χ3v) is 6.16. The molecule has 0 saturated carbocycles. The molecule has 3 aromatic rings. The normalized spacial score (nSPS) is 19.8. The minimum absolute atomic E-state index is 0.0704. The van der Waals surface area contributed by atoms with Gasteiger partial charge in [-0.3, -0.25) is 4.79 Å². The van der Waals surface area contributed by atoms with Gasteiger partial charge < -0.3 is 14.8 Å². The molecule has 0 spiro atoms. The van der Waals surface area contributed by atoms with E-state index >= 15 is 0 Å². The van der Waals surface area contributed by atoms with Gasteiger partial charge in [-0.1, -0.05) is 42.5 Å². The standard InChI is InChI=1S/C25H29N3O/c1-18-13-14-19(2)21(17-18)26-25(29)24(20-9-5-4-6-10-20)28-16-8-12-23(28)22-11-7-15-27(22)3/h4-7,9-11,13-15,17,23-24H,8,12,16H2,1-3H3,(H,26,29)/p+1/t23-,24-/m1/s1. The highest BCUT2D eigenvalue weighted by Gasteiger charge is 2.41. The lowest BCUT2D eigenvalue weighted by molar-refractivity contribution is -0.940. The van der Waals surface area contributed by atoms with Gasteiger partial charge in [-0.05, 0) is 43.2 Å². The summed E-state index contributed by atoms with van der Waals surface area (Å²) >= 11 is 0. The maximum absolute atomic E-state index is 13.6. The molecule has 150 valence electrons. The Kier molecular flexibility index (Phi) is 5.54. The Bertz CT molecular complexity index is 992.